The molecule has 0 unspecified atom stereocenters. The molecule has 0 radical (unpaired) electrons. The third-order valence-electron chi connectivity index (χ3n) is 7.30. The van der Waals surface area contributed by atoms with Crippen molar-refractivity contribution in [3.63, 3.8) is 0 Å². The van der Waals surface area contributed by atoms with Gasteiger partial charge in [0.15, 0.2) is 0 Å². The number of nitrogens with zero attached hydrogens (tertiary/aromatic N) is 6. The van der Waals surface area contributed by atoms with Gasteiger partial charge in [0.05, 0.1) is 18.8 Å². The van der Waals surface area contributed by atoms with Gasteiger partial charge in [0.1, 0.15) is 34.7 Å². The molecule has 12 nitrogen and oxygen atoms in total. The van der Waals surface area contributed by atoms with Crippen molar-refractivity contribution in [2.45, 2.75) is 51.0 Å². The van der Waals surface area contributed by atoms with Crippen LogP contribution in [0.15, 0.2) is 18.3 Å². The fraction of sp³-hybridized carbons (Fsp3) is 0.536. The van der Waals surface area contributed by atoms with E-state index in [2.05, 4.69) is 16.4 Å². The van der Waals surface area contributed by atoms with Crippen molar-refractivity contribution in [2.24, 2.45) is 0 Å². The molecular weight excluding hydrogens is 514 g/mol. The number of aryl methyl sites for hydroxylation is 1. The smallest absolute Gasteiger partial charge is 0.328 e. The van der Waals surface area contributed by atoms with Crippen LogP contribution >= 0.6 is 0 Å². The highest BCUT2D eigenvalue weighted by Gasteiger charge is 2.30. The van der Waals surface area contributed by atoms with Gasteiger partial charge >= 0.3 is 6.03 Å². The van der Waals surface area contributed by atoms with Gasteiger partial charge < -0.3 is 19.1 Å². The number of ether oxygens (including phenoxy) is 3. The molecule has 1 aliphatic carbocycles. The highest BCUT2D eigenvalue weighted by Crippen LogP contribution is 2.33. The van der Waals surface area contributed by atoms with E-state index in [9.17, 15) is 14.9 Å². The number of nitriles is 1. The lowest BCUT2D eigenvalue weighted by atomic mass is 10.0. The Hall–Kier alpha value is -3.79. The van der Waals surface area contributed by atoms with E-state index >= 15 is 0 Å². The predicted octanol–water partition coefficient (Wildman–Crippen LogP) is 2.83. The summed E-state index contributed by atoms with van der Waals surface area (Å²) in [5, 5.41) is 12.2. The van der Waals surface area contributed by atoms with Crippen LogP contribution in [0.2, 0.25) is 0 Å². The molecule has 2 aliphatic heterocycles. The fourth-order valence-corrected chi connectivity index (χ4v) is 5.07. The first-order valence-electron chi connectivity index (χ1n) is 13.6. The molecule has 3 aliphatic rings. The first kappa shape index (κ1) is 27.8. The van der Waals surface area contributed by atoms with Crippen LogP contribution < -0.4 is 15.0 Å². The minimum atomic E-state index is -0.765. The molecule has 4 heterocycles. The number of hydrogen-bond donors (Lipinski definition) is 1. The predicted molar refractivity (Wildman–Crippen MR) is 146 cm³/mol. The van der Waals surface area contributed by atoms with Crippen molar-refractivity contribution >= 4 is 23.6 Å². The van der Waals surface area contributed by atoms with E-state index in [1.165, 1.54) is 20.4 Å². The zero-order valence-corrected chi connectivity index (χ0v) is 23.2. The molecule has 5 rings (SSSR count). The maximum absolute atomic E-state index is 13.5. The molecule has 1 N–H and O–H groups in total. The number of anilines is 2. The Morgan fingerprint density at radius 3 is 2.73 bits per heavy atom. The number of rotatable bonds is 8. The minimum Gasteiger partial charge on any atom is -0.489 e. The highest BCUT2D eigenvalue weighted by atomic mass is 16.7. The third kappa shape index (κ3) is 6.17. The van der Waals surface area contributed by atoms with Crippen molar-refractivity contribution in [1.82, 2.24) is 19.8 Å². The van der Waals surface area contributed by atoms with Crippen LogP contribution in [-0.4, -0.2) is 85.3 Å². The molecule has 0 spiro atoms. The summed E-state index contributed by atoms with van der Waals surface area (Å²) in [5.74, 6) is 1.29. The molecule has 2 fully saturated rings. The van der Waals surface area contributed by atoms with E-state index in [0.717, 1.165) is 49.8 Å². The number of carbonyl (C=O) groups excluding carboxylic acids is 2. The van der Waals surface area contributed by atoms with E-state index in [4.69, 9.17) is 19.2 Å². The SMILES string of the molecule is COC(OC)c1nc2c(cc1CN1CCCN(C)CC1=O)CCCN2C(=O)Nc1cc(OC2CC2)c(C#N)cn1. The number of aromatic nitrogens is 2. The summed E-state index contributed by atoms with van der Waals surface area (Å²) in [6.07, 6.45) is 5.02. The van der Waals surface area contributed by atoms with Crippen LogP contribution in [0.3, 0.4) is 0 Å². The van der Waals surface area contributed by atoms with E-state index in [-0.39, 0.29) is 18.0 Å². The standard InChI is InChI=1S/C28H35N7O5/c1-33-9-5-10-34(24(36)17-33)16-19-12-18-6-4-11-35(26(18)32-25(19)27(38-2)39-3)28(37)31-23-13-22(40-21-7-8-21)20(14-29)15-30-23/h12-13,15,21,27H,4-11,16-17H2,1-3H3,(H,30,31,37). The highest BCUT2D eigenvalue weighted by molar-refractivity contribution is 6.01. The van der Waals surface area contributed by atoms with Gasteiger partial charge in [-0.3, -0.25) is 19.9 Å². The first-order valence-corrected chi connectivity index (χ1v) is 13.6. The van der Waals surface area contributed by atoms with Gasteiger partial charge in [-0.25, -0.2) is 14.8 Å². The van der Waals surface area contributed by atoms with Crippen LogP contribution in [-0.2, 0) is 27.2 Å². The number of carbonyl (C=O) groups is 2. The zero-order chi connectivity index (χ0) is 28.2. The summed E-state index contributed by atoms with van der Waals surface area (Å²) < 4.78 is 17.0. The van der Waals surface area contributed by atoms with Crippen molar-refractivity contribution in [3.8, 4) is 11.8 Å². The molecule has 12 heteroatoms. The first-order chi connectivity index (χ1) is 19.4. The second-order valence-electron chi connectivity index (χ2n) is 10.4. The quantitative estimate of drug-likeness (QED) is 0.494. The topological polar surface area (TPSA) is 133 Å². The third-order valence-corrected chi connectivity index (χ3v) is 7.30. The molecule has 3 amide bonds. The van der Waals surface area contributed by atoms with Gasteiger partial charge in [-0.15, -0.1) is 0 Å². The van der Waals surface area contributed by atoms with E-state index in [0.29, 0.717) is 54.8 Å². The normalized spacial score (nSPS) is 17.8. The van der Waals surface area contributed by atoms with Gasteiger partial charge in [0.2, 0.25) is 12.2 Å². The lowest BCUT2D eigenvalue weighted by Crippen LogP contribution is -2.40. The van der Waals surface area contributed by atoms with Crippen LogP contribution in [0.5, 0.6) is 5.75 Å². The number of amides is 3. The number of likely N-dealkylation sites (N-methyl/N-ethyl adjacent to an activating group) is 1. The van der Waals surface area contributed by atoms with Gasteiger partial charge in [0.25, 0.3) is 0 Å². The number of methoxy groups -OCH3 is 2. The lowest BCUT2D eigenvalue weighted by Gasteiger charge is -2.31. The Bertz CT molecular complexity index is 1300. The molecule has 1 saturated heterocycles. The van der Waals surface area contributed by atoms with Crippen molar-refractivity contribution in [2.75, 3.05) is 57.7 Å². The molecular formula is C28H35N7O5. The monoisotopic (exact) mass is 549 g/mol. The number of urea groups is 1. The summed E-state index contributed by atoms with van der Waals surface area (Å²) in [7, 11) is 5.02. The molecule has 212 valence electrons. The molecule has 0 bridgehead atoms. The van der Waals surface area contributed by atoms with E-state index in [1.54, 1.807) is 11.0 Å². The van der Waals surface area contributed by atoms with Crippen LogP contribution in [0.4, 0.5) is 16.4 Å². The molecule has 0 aromatic carbocycles. The summed E-state index contributed by atoms with van der Waals surface area (Å²) in [6.45, 7) is 2.74. The van der Waals surface area contributed by atoms with E-state index < -0.39 is 6.29 Å². The Morgan fingerprint density at radius 1 is 1.20 bits per heavy atom. The van der Waals surface area contributed by atoms with Crippen LogP contribution in [0, 0.1) is 11.3 Å². The van der Waals surface area contributed by atoms with E-state index in [1.807, 2.05) is 22.9 Å². The number of nitrogens with one attached hydrogen (secondary N) is 1. The Labute approximate surface area is 233 Å². The average Bonchev–Trinajstić information content (AvgIpc) is 3.78. The second kappa shape index (κ2) is 12.2. The molecule has 2 aromatic rings. The van der Waals surface area contributed by atoms with Gasteiger partial charge in [-0.1, -0.05) is 0 Å². The summed E-state index contributed by atoms with van der Waals surface area (Å²) >= 11 is 0. The number of fused-ring (bicyclic) bond motifs is 1. The zero-order valence-electron chi connectivity index (χ0n) is 23.2. The maximum atomic E-state index is 13.5. The molecule has 0 atom stereocenters. The van der Waals surface area contributed by atoms with Crippen molar-refractivity contribution < 1.29 is 23.8 Å². The Kier molecular flexibility index (Phi) is 8.44. The molecule has 1 saturated carbocycles. The van der Waals surface area contributed by atoms with Crippen molar-refractivity contribution in [3.05, 3.63) is 40.7 Å². The summed E-state index contributed by atoms with van der Waals surface area (Å²) in [5.41, 5.74) is 2.61. The Balaban J connectivity index is 1.42. The van der Waals surface area contributed by atoms with Crippen LogP contribution in [0.25, 0.3) is 0 Å². The number of hydrogen-bond acceptors (Lipinski definition) is 9. The summed E-state index contributed by atoms with van der Waals surface area (Å²) in [4.78, 5) is 41.0. The fourth-order valence-electron chi connectivity index (χ4n) is 5.07. The largest absolute Gasteiger partial charge is 0.489 e. The lowest BCUT2D eigenvalue weighted by molar-refractivity contribution is -0.131. The number of pyridine rings is 2. The second-order valence-corrected chi connectivity index (χ2v) is 10.4. The van der Waals surface area contributed by atoms with Gasteiger partial charge in [-0.05, 0) is 56.3 Å². The van der Waals surface area contributed by atoms with Crippen molar-refractivity contribution in [1.29, 1.82) is 5.26 Å². The molecule has 2 aromatic heterocycles. The molecule has 40 heavy (non-hydrogen) atoms. The minimum absolute atomic E-state index is 0.0657. The summed E-state index contributed by atoms with van der Waals surface area (Å²) in [6, 6.07) is 5.30. The maximum Gasteiger partial charge on any atom is 0.328 e. The Morgan fingerprint density at radius 2 is 2.00 bits per heavy atom. The van der Waals surface area contributed by atoms with Gasteiger partial charge in [0, 0.05) is 46.5 Å². The average molecular weight is 550 g/mol. The van der Waals surface area contributed by atoms with Gasteiger partial charge in [-0.2, -0.15) is 5.26 Å². The van der Waals surface area contributed by atoms with Crippen LogP contribution in [0.1, 0.15) is 54.4 Å².